The maximum Gasteiger partial charge on any atom is 0.343 e. The van der Waals surface area contributed by atoms with Gasteiger partial charge in [-0.25, -0.2) is 14.0 Å². The van der Waals surface area contributed by atoms with E-state index in [4.69, 9.17) is 9.47 Å². The maximum absolute atomic E-state index is 14.1. The van der Waals surface area contributed by atoms with Crippen LogP contribution in [0, 0.1) is 5.82 Å². The van der Waals surface area contributed by atoms with Gasteiger partial charge in [0.25, 0.3) is 0 Å². The van der Waals surface area contributed by atoms with E-state index in [1.54, 1.807) is 31.2 Å². The molecule has 8 nitrogen and oxygen atoms in total. The molecule has 0 heterocycles. The Morgan fingerprint density at radius 1 is 0.675 bits per heavy atom. The largest absolute Gasteiger partial charge is 0.504 e. The molecular formula is C31H23FO8. The second-order valence-corrected chi connectivity index (χ2v) is 8.58. The highest BCUT2D eigenvalue weighted by molar-refractivity contribution is 6.24. The average Bonchev–Trinajstić information content (AvgIpc) is 2.98. The van der Waals surface area contributed by atoms with Gasteiger partial charge in [-0.3, -0.25) is 9.59 Å². The number of aromatic hydroxyl groups is 2. The van der Waals surface area contributed by atoms with Gasteiger partial charge in [-0.15, -0.1) is 0 Å². The van der Waals surface area contributed by atoms with Gasteiger partial charge in [0.1, 0.15) is 5.82 Å². The minimum atomic E-state index is -1.20. The highest BCUT2D eigenvalue weighted by atomic mass is 19.1. The summed E-state index contributed by atoms with van der Waals surface area (Å²) in [5.74, 6) is -8.17. The maximum atomic E-state index is 14.1. The van der Waals surface area contributed by atoms with Gasteiger partial charge in [-0.05, 0) is 30.7 Å². The normalized spacial score (nSPS) is 10.6. The number of esters is 2. The summed E-state index contributed by atoms with van der Waals surface area (Å²) in [6.07, 6.45) is 0.376. The van der Waals surface area contributed by atoms with Crippen LogP contribution < -0.4 is 4.74 Å². The van der Waals surface area contributed by atoms with Crippen molar-refractivity contribution in [1.82, 2.24) is 0 Å². The number of rotatable bonds is 9. The zero-order valence-corrected chi connectivity index (χ0v) is 21.2. The number of ketones is 2. The van der Waals surface area contributed by atoms with Gasteiger partial charge in [-0.2, -0.15) is 0 Å². The van der Waals surface area contributed by atoms with Gasteiger partial charge in [-0.1, -0.05) is 67.6 Å². The summed E-state index contributed by atoms with van der Waals surface area (Å²) in [6.45, 7) is 1.59. The summed E-state index contributed by atoms with van der Waals surface area (Å²) in [5, 5.41) is 22.1. The van der Waals surface area contributed by atoms with Crippen LogP contribution in [0.2, 0.25) is 0 Å². The Balaban J connectivity index is 2.05. The lowest BCUT2D eigenvalue weighted by molar-refractivity contribution is 0.0496. The van der Waals surface area contributed by atoms with Crippen LogP contribution >= 0.6 is 0 Å². The molecule has 0 aromatic heterocycles. The van der Waals surface area contributed by atoms with E-state index >= 15 is 0 Å². The highest BCUT2D eigenvalue weighted by Gasteiger charge is 2.37. The van der Waals surface area contributed by atoms with Crippen LogP contribution in [0.25, 0.3) is 0 Å². The lowest BCUT2D eigenvalue weighted by Gasteiger charge is -2.20. The molecule has 0 fully saturated rings. The molecule has 2 N–H and O–H groups in total. The molecule has 4 aromatic carbocycles. The smallest absolute Gasteiger partial charge is 0.343 e. The van der Waals surface area contributed by atoms with E-state index in [0.29, 0.717) is 6.42 Å². The molecule has 0 saturated carbocycles. The third-order valence-electron chi connectivity index (χ3n) is 5.83. The molecule has 0 spiro atoms. The van der Waals surface area contributed by atoms with Crippen LogP contribution in [0.15, 0.2) is 84.9 Å². The molecule has 0 amide bonds. The first-order chi connectivity index (χ1) is 19.2. The quantitative estimate of drug-likeness (QED) is 0.123. The Bertz CT molecular complexity index is 1600. The molecule has 40 heavy (non-hydrogen) atoms. The van der Waals surface area contributed by atoms with E-state index in [9.17, 15) is 33.8 Å². The van der Waals surface area contributed by atoms with E-state index in [1.807, 2.05) is 0 Å². The van der Waals surface area contributed by atoms with E-state index in [2.05, 4.69) is 0 Å². The fraction of sp³-hybridized carbons (Fsp3) is 0.0968. The topological polar surface area (TPSA) is 127 Å². The Kier molecular flexibility index (Phi) is 8.34. The van der Waals surface area contributed by atoms with Gasteiger partial charge in [0, 0.05) is 11.1 Å². The number of carbonyl (C=O) groups excluding carboxylic acids is 4. The van der Waals surface area contributed by atoms with E-state index in [0.717, 1.165) is 12.1 Å². The first kappa shape index (κ1) is 27.7. The number of benzene rings is 4. The van der Waals surface area contributed by atoms with Crippen LogP contribution in [0.5, 0.6) is 17.2 Å². The lowest BCUT2D eigenvalue weighted by atomic mass is 9.88. The molecule has 0 aliphatic rings. The minimum Gasteiger partial charge on any atom is -0.504 e. The molecule has 0 aliphatic carbocycles. The molecular weight excluding hydrogens is 519 g/mol. The molecule has 0 bridgehead atoms. The summed E-state index contributed by atoms with van der Waals surface area (Å²) in [6, 6.07) is 19.5. The average molecular weight is 543 g/mol. The Hall–Kier alpha value is -5.31. The molecule has 0 saturated heterocycles. The van der Waals surface area contributed by atoms with Crippen molar-refractivity contribution < 1.29 is 43.3 Å². The number of hydrogen-bond acceptors (Lipinski definition) is 8. The van der Waals surface area contributed by atoms with E-state index in [-0.39, 0.29) is 23.3 Å². The SMILES string of the molecule is CCCOC(=O)c1c(C(=O)c2ccccc2)c(O)c(O)c(OC(=O)c2ccccc2)c1C(=O)c1cccc(F)c1. The van der Waals surface area contributed by atoms with Crippen LogP contribution in [0.1, 0.15) is 65.9 Å². The molecule has 0 aliphatic heterocycles. The number of phenolic OH excluding ortho intramolecular Hbond substituents is 2. The summed E-state index contributed by atoms with van der Waals surface area (Å²) < 4.78 is 24.7. The Labute approximate surface area is 228 Å². The molecule has 0 radical (unpaired) electrons. The number of phenols is 2. The van der Waals surface area contributed by atoms with Crippen molar-refractivity contribution in [1.29, 1.82) is 0 Å². The predicted octanol–water partition coefficient (Wildman–Crippen LogP) is 5.48. The van der Waals surface area contributed by atoms with Gasteiger partial charge >= 0.3 is 11.9 Å². The number of halogens is 1. The second kappa shape index (κ2) is 12.0. The van der Waals surface area contributed by atoms with Crippen molar-refractivity contribution in [3.8, 4) is 17.2 Å². The molecule has 0 unspecified atom stereocenters. The zero-order chi connectivity index (χ0) is 28.8. The van der Waals surface area contributed by atoms with Crippen molar-refractivity contribution in [2.75, 3.05) is 6.61 Å². The van der Waals surface area contributed by atoms with Crippen molar-refractivity contribution >= 4 is 23.5 Å². The minimum absolute atomic E-state index is 0.0138. The van der Waals surface area contributed by atoms with Crippen molar-refractivity contribution in [2.45, 2.75) is 13.3 Å². The highest BCUT2D eigenvalue weighted by Crippen LogP contribution is 2.46. The monoisotopic (exact) mass is 542 g/mol. The fourth-order valence-electron chi connectivity index (χ4n) is 3.94. The Morgan fingerprint density at radius 2 is 1.25 bits per heavy atom. The lowest BCUT2D eigenvalue weighted by Crippen LogP contribution is -2.22. The fourth-order valence-corrected chi connectivity index (χ4v) is 3.94. The van der Waals surface area contributed by atoms with E-state index in [1.165, 1.54) is 48.5 Å². The number of carbonyl (C=O) groups is 4. The third-order valence-corrected chi connectivity index (χ3v) is 5.83. The molecule has 4 rings (SSSR count). The van der Waals surface area contributed by atoms with Gasteiger partial charge in [0.15, 0.2) is 23.1 Å². The first-order valence-electron chi connectivity index (χ1n) is 12.2. The molecule has 202 valence electrons. The molecule has 0 atom stereocenters. The zero-order valence-electron chi connectivity index (χ0n) is 21.2. The molecule has 4 aromatic rings. The summed E-state index contributed by atoms with van der Waals surface area (Å²) in [7, 11) is 0. The Morgan fingerprint density at radius 3 is 1.85 bits per heavy atom. The van der Waals surface area contributed by atoms with Crippen molar-refractivity contribution in [2.24, 2.45) is 0 Å². The standard InChI is InChI=1S/C31H23FO8/c1-2-16-39-31(38)22-23(25(33)18-10-5-3-6-11-18)27(35)28(36)29(40-30(37)19-12-7-4-8-13-19)24(22)26(34)20-14-9-15-21(32)17-20/h3-15,17,35-36H,2,16H2,1H3. The van der Waals surface area contributed by atoms with Crippen LogP contribution in [-0.2, 0) is 4.74 Å². The van der Waals surface area contributed by atoms with Crippen LogP contribution in [0.4, 0.5) is 4.39 Å². The van der Waals surface area contributed by atoms with Crippen molar-refractivity contribution in [3.63, 3.8) is 0 Å². The first-order valence-corrected chi connectivity index (χ1v) is 12.2. The van der Waals surface area contributed by atoms with Gasteiger partial charge in [0.2, 0.25) is 5.75 Å². The van der Waals surface area contributed by atoms with Gasteiger partial charge < -0.3 is 19.7 Å². The van der Waals surface area contributed by atoms with Crippen LogP contribution in [-0.4, -0.2) is 40.3 Å². The summed E-state index contributed by atoms with van der Waals surface area (Å²) in [5.41, 5.74) is -2.51. The summed E-state index contributed by atoms with van der Waals surface area (Å²) >= 11 is 0. The molecule has 9 heteroatoms. The number of hydrogen-bond donors (Lipinski definition) is 2. The second-order valence-electron chi connectivity index (χ2n) is 8.58. The van der Waals surface area contributed by atoms with Gasteiger partial charge in [0.05, 0.1) is 28.9 Å². The number of ether oxygens (including phenoxy) is 2. The van der Waals surface area contributed by atoms with Crippen LogP contribution in [0.3, 0.4) is 0 Å². The third kappa shape index (κ3) is 5.58. The predicted molar refractivity (Wildman–Crippen MR) is 141 cm³/mol. The van der Waals surface area contributed by atoms with E-state index < -0.39 is 63.3 Å². The summed E-state index contributed by atoms with van der Waals surface area (Å²) in [4.78, 5) is 53.8. The van der Waals surface area contributed by atoms with Crippen molar-refractivity contribution in [3.05, 3.63) is 124 Å².